The van der Waals surface area contributed by atoms with E-state index in [2.05, 4.69) is 5.32 Å². The Hall–Kier alpha value is -2.15. The summed E-state index contributed by atoms with van der Waals surface area (Å²) in [7, 11) is 0. The number of nitro benzene ring substituents is 1. The van der Waals surface area contributed by atoms with E-state index in [1.165, 1.54) is 24.3 Å². The van der Waals surface area contributed by atoms with Crippen LogP contribution in [0.5, 0.6) is 0 Å². The van der Waals surface area contributed by atoms with Crippen LogP contribution in [0.1, 0.15) is 26.2 Å². The molecule has 21 heavy (non-hydrogen) atoms. The third kappa shape index (κ3) is 4.16. The predicted molar refractivity (Wildman–Crippen MR) is 78.2 cm³/mol. The zero-order valence-electron chi connectivity index (χ0n) is 11.9. The van der Waals surface area contributed by atoms with Crippen LogP contribution in [0.15, 0.2) is 24.3 Å². The number of likely N-dealkylation sites (tertiary alicyclic amines) is 1. The number of rotatable bonds is 2. The van der Waals surface area contributed by atoms with Crippen LogP contribution in [-0.4, -0.2) is 39.7 Å². The summed E-state index contributed by atoms with van der Waals surface area (Å²) in [6.45, 7) is 2.87. The third-order valence-corrected chi connectivity index (χ3v) is 3.68. The van der Waals surface area contributed by atoms with E-state index in [9.17, 15) is 20.0 Å². The number of carbonyl (C=O) groups is 1. The van der Waals surface area contributed by atoms with Crippen molar-refractivity contribution in [2.24, 2.45) is 0 Å². The number of aliphatic hydroxyl groups is 1. The third-order valence-electron chi connectivity index (χ3n) is 3.68. The number of amides is 2. The number of carbonyl (C=O) groups excluding carboxylic acids is 1. The number of benzene rings is 1. The van der Waals surface area contributed by atoms with E-state index in [1.54, 1.807) is 11.8 Å². The number of nitrogens with zero attached hydrogens (tertiary/aromatic N) is 2. The van der Waals surface area contributed by atoms with Gasteiger partial charge in [-0.3, -0.25) is 10.1 Å². The highest BCUT2D eigenvalue weighted by Gasteiger charge is 2.27. The van der Waals surface area contributed by atoms with Gasteiger partial charge in [-0.25, -0.2) is 4.79 Å². The molecule has 2 rings (SSSR count). The lowest BCUT2D eigenvalue weighted by atomic mass is 9.98. The van der Waals surface area contributed by atoms with E-state index >= 15 is 0 Å². The topological polar surface area (TPSA) is 95.7 Å². The molecule has 1 aromatic rings. The first-order chi connectivity index (χ1) is 9.87. The van der Waals surface area contributed by atoms with Crippen LogP contribution >= 0.6 is 0 Å². The van der Waals surface area contributed by atoms with Gasteiger partial charge in [0.1, 0.15) is 0 Å². The molecule has 0 bridgehead atoms. The molecule has 0 spiro atoms. The highest BCUT2D eigenvalue weighted by Crippen LogP contribution is 2.22. The molecule has 1 fully saturated rings. The summed E-state index contributed by atoms with van der Waals surface area (Å²) in [5.41, 5.74) is -0.219. The van der Waals surface area contributed by atoms with Gasteiger partial charge in [-0.2, -0.15) is 0 Å². The minimum absolute atomic E-state index is 0.0150. The zero-order chi connectivity index (χ0) is 15.5. The van der Waals surface area contributed by atoms with Crippen LogP contribution in [0.25, 0.3) is 0 Å². The smallest absolute Gasteiger partial charge is 0.321 e. The molecule has 0 saturated carbocycles. The Morgan fingerprint density at radius 1 is 1.33 bits per heavy atom. The second kappa shape index (κ2) is 6.09. The molecule has 7 heteroatoms. The molecule has 2 amide bonds. The van der Waals surface area contributed by atoms with Crippen LogP contribution in [-0.2, 0) is 0 Å². The van der Waals surface area contributed by atoms with Crippen molar-refractivity contribution >= 4 is 17.4 Å². The Bertz CT molecular complexity index is 528. The zero-order valence-corrected chi connectivity index (χ0v) is 11.9. The van der Waals surface area contributed by atoms with E-state index in [0.717, 1.165) is 6.42 Å². The van der Waals surface area contributed by atoms with Crippen LogP contribution in [0, 0.1) is 10.1 Å². The molecule has 2 N–H and O–H groups in total. The number of hydrogen-bond donors (Lipinski definition) is 2. The summed E-state index contributed by atoms with van der Waals surface area (Å²) < 4.78 is 0. The fourth-order valence-electron chi connectivity index (χ4n) is 2.34. The first-order valence-corrected chi connectivity index (χ1v) is 6.90. The number of hydrogen-bond acceptors (Lipinski definition) is 4. The average molecular weight is 293 g/mol. The number of nitro groups is 1. The maximum absolute atomic E-state index is 12.1. The minimum Gasteiger partial charge on any atom is -0.390 e. The maximum Gasteiger partial charge on any atom is 0.321 e. The summed E-state index contributed by atoms with van der Waals surface area (Å²) >= 11 is 0. The van der Waals surface area contributed by atoms with Gasteiger partial charge in [0.2, 0.25) is 0 Å². The van der Waals surface area contributed by atoms with Crippen LogP contribution in [0.3, 0.4) is 0 Å². The Labute approximate surface area is 122 Å². The number of non-ortho nitro benzene ring substituents is 1. The number of nitrogens with one attached hydrogen (secondary N) is 1. The molecule has 1 heterocycles. The quantitative estimate of drug-likeness (QED) is 0.646. The highest BCUT2D eigenvalue weighted by atomic mass is 16.6. The normalized spacial score (nSPS) is 22.5. The summed E-state index contributed by atoms with van der Waals surface area (Å²) in [5, 5.41) is 23.3. The van der Waals surface area contributed by atoms with Gasteiger partial charge in [-0.1, -0.05) is 0 Å². The van der Waals surface area contributed by atoms with Gasteiger partial charge < -0.3 is 15.3 Å². The van der Waals surface area contributed by atoms with Crippen molar-refractivity contribution in [2.45, 2.75) is 31.8 Å². The van der Waals surface area contributed by atoms with E-state index in [1.807, 2.05) is 0 Å². The van der Waals surface area contributed by atoms with Gasteiger partial charge >= 0.3 is 6.03 Å². The lowest BCUT2D eigenvalue weighted by Crippen LogP contribution is -2.36. The molecule has 0 radical (unpaired) electrons. The van der Waals surface area contributed by atoms with Crippen LogP contribution in [0.4, 0.5) is 16.2 Å². The Balaban J connectivity index is 1.96. The van der Waals surface area contributed by atoms with Gasteiger partial charge in [0.25, 0.3) is 5.69 Å². The molecule has 1 saturated heterocycles. The fraction of sp³-hybridized carbons (Fsp3) is 0.500. The van der Waals surface area contributed by atoms with E-state index in [0.29, 0.717) is 31.6 Å². The van der Waals surface area contributed by atoms with E-state index in [4.69, 9.17) is 0 Å². The van der Waals surface area contributed by atoms with Gasteiger partial charge in [0.15, 0.2) is 0 Å². The summed E-state index contributed by atoms with van der Waals surface area (Å²) in [5.74, 6) is 0. The Morgan fingerprint density at radius 3 is 2.62 bits per heavy atom. The molecule has 0 aliphatic carbocycles. The number of urea groups is 1. The van der Waals surface area contributed by atoms with Crippen molar-refractivity contribution in [1.82, 2.24) is 4.90 Å². The second-order valence-corrected chi connectivity index (χ2v) is 5.57. The van der Waals surface area contributed by atoms with Crippen molar-refractivity contribution in [2.75, 3.05) is 18.4 Å². The average Bonchev–Trinajstić information content (AvgIpc) is 2.60. The van der Waals surface area contributed by atoms with Crippen molar-refractivity contribution in [3.63, 3.8) is 0 Å². The first kappa shape index (κ1) is 15.2. The Kier molecular flexibility index (Phi) is 4.42. The van der Waals surface area contributed by atoms with Crippen molar-refractivity contribution in [1.29, 1.82) is 0 Å². The van der Waals surface area contributed by atoms with Gasteiger partial charge in [0.05, 0.1) is 10.5 Å². The monoisotopic (exact) mass is 293 g/mol. The summed E-state index contributed by atoms with van der Waals surface area (Å²) in [6.07, 6.45) is 1.97. The lowest BCUT2D eigenvalue weighted by Gasteiger charge is -2.22. The fourth-order valence-corrected chi connectivity index (χ4v) is 2.34. The minimum atomic E-state index is -0.720. The van der Waals surface area contributed by atoms with Gasteiger partial charge in [-0.15, -0.1) is 0 Å². The molecular weight excluding hydrogens is 274 g/mol. The lowest BCUT2D eigenvalue weighted by molar-refractivity contribution is -0.384. The molecular formula is C14H19N3O4. The van der Waals surface area contributed by atoms with Gasteiger partial charge in [0, 0.05) is 30.9 Å². The SMILES string of the molecule is CC1(O)CCCN(C(=O)Nc2ccc([N+](=O)[O-])cc2)CC1. The summed E-state index contributed by atoms with van der Waals surface area (Å²) in [4.78, 5) is 23.9. The highest BCUT2D eigenvalue weighted by molar-refractivity contribution is 5.89. The van der Waals surface area contributed by atoms with Crippen molar-refractivity contribution in [3.8, 4) is 0 Å². The second-order valence-electron chi connectivity index (χ2n) is 5.57. The predicted octanol–water partition coefficient (Wildman–Crippen LogP) is 2.36. The molecule has 114 valence electrons. The molecule has 0 aromatic heterocycles. The number of anilines is 1. The van der Waals surface area contributed by atoms with E-state index in [-0.39, 0.29) is 11.7 Å². The first-order valence-electron chi connectivity index (χ1n) is 6.90. The standard InChI is InChI=1S/C14H19N3O4/c1-14(19)7-2-9-16(10-8-14)13(18)15-11-3-5-12(6-4-11)17(20)21/h3-6,19H,2,7-10H2,1H3,(H,15,18). The molecule has 7 nitrogen and oxygen atoms in total. The van der Waals surface area contributed by atoms with Crippen LogP contribution < -0.4 is 5.32 Å². The van der Waals surface area contributed by atoms with Crippen LogP contribution in [0.2, 0.25) is 0 Å². The largest absolute Gasteiger partial charge is 0.390 e. The Morgan fingerprint density at radius 2 is 2.00 bits per heavy atom. The van der Waals surface area contributed by atoms with E-state index < -0.39 is 10.5 Å². The van der Waals surface area contributed by atoms with Gasteiger partial charge in [-0.05, 0) is 38.3 Å². The van der Waals surface area contributed by atoms with Crippen molar-refractivity contribution in [3.05, 3.63) is 34.4 Å². The van der Waals surface area contributed by atoms with Crippen molar-refractivity contribution < 1.29 is 14.8 Å². The molecule has 1 unspecified atom stereocenters. The summed E-state index contributed by atoms with van der Waals surface area (Å²) in [6, 6.07) is 5.46. The molecule has 1 aromatic carbocycles. The molecule has 1 aliphatic heterocycles. The molecule has 1 atom stereocenters. The maximum atomic E-state index is 12.1. The molecule has 1 aliphatic rings.